The SMILES string of the molecule is O=C(Nc1ccc(CNC(=O)C(F)(F)F)cc1)c1ccc(Cl)cc1. The standard InChI is InChI=1S/C16H12ClF3N2O2/c17-12-5-3-11(4-6-12)14(23)22-13-7-1-10(2-8-13)9-21-15(24)16(18,19)20/h1-8H,9H2,(H,21,24)(H,22,23). The number of halogens is 4. The molecule has 0 bridgehead atoms. The summed E-state index contributed by atoms with van der Waals surface area (Å²) in [7, 11) is 0. The molecule has 2 amide bonds. The van der Waals surface area contributed by atoms with Crippen molar-refractivity contribution >= 4 is 29.1 Å². The molecule has 0 saturated heterocycles. The van der Waals surface area contributed by atoms with Crippen molar-refractivity contribution in [2.24, 2.45) is 0 Å². The second-order valence-electron chi connectivity index (χ2n) is 4.84. The van der Waals surface area contributed by atoms with Crippen LogP contribution in [0.1, 0.15) is 15.9 Å². The summed E-state index contributed by atoms with van der Waals surface area (Å²) < 4.78 is 36.2. The second-order valence-corrected chi connectivity index (χ2v) is 5.27. The van der Waals surface area contributed by atoms with Crippen LogP contribution in [0.25, 0.3) is 0 Å². The first-order chi connectivity index (χ1) is 11.3. The van der Waals surface area contributed by atoms with Gasteiger partial charge in [-0.25, -0.2) is 0 Å². The van der Waals surface area contributed by atoms with Gasteiger partial charge in [0, 0.05) is 22.8 Å². The third-order valence-electron chi connectivity index (χ3n) is 3.03. The number of hydrogen-bond acceptors (Lipinski definition) is 2. The molecular formula is C16H12ClF3N2O2. The van der Waals surface area contributed by atoms with E-state index in [0.717, 1.165) is 0 Å². The molecule has 0 aromatic heterocycles. The maximum atomic E-state index is 12.1. The van der Waals surface area contributed by atoms with Crippen molar-refractivity contribution in [1.82, 2.24) is 5.32 Å². The fourth-order valence-electron chi connectivity index (χ4n) is 1.79. The molecule has 126 valence electrons. The Balaban J connectivity index is 1.93. The Bertz CT molecular complexity index is 728. The third kappa shape index (κ3) is 4.99. The summed E-state index contributed by atoms with van der Waals surface area (Å²) >= 11 is 5.74. The van der Waals surface area contributed by atoms with E-state index in [4.69, 9.17) is 11.6 Å². The highest BCUT2D eigenvalue weighted by atomic mass is 35.5. The lowest BCUT2D eigenvalue weighted by Crippen LogP contribution is -2.36. The smallest absolute Gasteiger partial charge is 0.344 e. The van der Waals surface area contributed by atoms with Gasteiger partial charge in [0.25, 0.3) is 5.91 Å². The van der Waals surface area contributed by atoms with Gasteiger partial charge in [0.05, 0.1) is 0 Å². The zero-order valence-electron chi connectivity index (χ0n) is 12.2. The topological polar surface area (TPSA) is 58.2 Å². The van der Waals surface area contributed by atoms with Gasteiger partial charge in [-0.15, -0.1) is 0 Å². The van der Waals surface area contributed by atoms with Gasteiger partial charge in [0.1, 0.15) is 0 Å². The van der Waals surface area contributed by atoms with E-state index in [1.807, 2.05) is 0 Å². The van der Waals surface area contributed by atoms with Gasteiger partial charge in [-0.1, -0.05) is 23.7 Å². The number of alkyl halides is 3. The molecule has 0 aliphatic rings. The lowest BCUT2D eigenvalue weighted by atomic mass is 10.2. The molecule has 0 aliphatic carbocycles. The van der Waals surface area contributed by atoms with Gasteiger partial charge >= 0.3 is 12.1 Å². The van der Waals surface area contributed by atoms with Crippen LogP contribution in [0.3, 0.4) is 0 Å². The Morgan fingerprint density at radius 1 is 0.958 bits per heavy atom. The van der Waals surface area contributed by atoms with Crippen LogP contribution in [0.5, 0.6) is 0 Å². The van der Waals surface area contributed by atoms with Crippen LogP contribution in [0, 0.1) is 0 Å². The Morgan fingerprint density at radius 3 is 2.08 bits per heavy atom. The van der Waals surface area contributed by atoms with Gasteiger partial charge in [-0.2, -0.15) is 13.2 Å². The summed E-state index contributed by atoms with van der Waals surface area (Å²) in [4.78, 5) is 22.7. The second kappa shape index (κ2) is 7.35. The molecule has 0 saturated carbocycles. The highest BCUT2D eigenvalue weighted by molar-refractivity contribution is 6.30. The molecule has 0 spiro atoms. The Hall–Kier alpha value is -2.54. The van der Waals surface area contributed by atoms with Crippen LogP contribution >= 0.6 is 11.6 Å². The summed E-state index contributed by atoms with van der Waals surface area (Å²) in [5, 5.41) is 4.92. The molecule has 0 unspecified atom stereocenters. The number of anilines is 1. The first-order valence-electron chi connectivity index (χ1n) is 6.76. The molecule has 8 heteroatoms. The molecule has 0 radical (unpaired) electrons. The molecule has 0 atom stereocenters. The van der Waals surface area contributed by atoms with Crippen molar-refractivity contribution in [2.45, 2.75) is 12.7 Å². The van der Waals surface area contributed by atoms with Gasteiger partial charge < -0.3 is 10.6 Å². The van der Waals surface area contributed by atoms with Crippen LogP contribution in [-0.2, 0) is 11.3 Å². The van der Waals surface area contributed by atoms with Gasteiger partial charge in [0.2, 0.25) is 0 Å². The highest BCUT2D eigenvalue weighted by Gasteiger charge is 2.38. The highest BCUT2D eigenvalue weighted by Crippen LogP contribution is 2.16. The molecule has 2 aromatic carbocycles. The molecule has 4 nitrogen and oxygen atoms in total. The number of nitrogens with one attached hydrogen (secondary N) is 2. The molecular weight excluding hydrogens is 345 g/mol. The first kappa shape index (κ1) is 17.8. The number of hydrogen-bond donors (Lipinski definition) is 2. The average molecular weight is 357 g/mol. The number of carbonyl (C=O) groups excluding carboxylic acids is 2. The van der Waals surface area contributed by atoms with Crippen LogP contribution < -0.4 is 10.6 Å². The van der Waals surface area contributed by atoms with Crippen LogP contribution in [0.15, 0.2) is 48.5 Å². The van der Waals surface area contributed by atoms with E-state index >= 15 is 0 Å². The maximum Gasteiger partial charge on any atom is 0.471 e. The summed E-state index contributed by atoms with van der Waals surface area (Å²) in [6, 6.07) is 12.4. The van der Waals surface area contributed by atoms with Gasteiger partial charge in [-0.3, -0.25) is 9.59 Å². The minimum Gasteiger partial charge on any atom is -0.344 e. The van der Waals surface area contributed by atoms with E-state index < -0.39 is 12.1 Å². The molecule has 2 aromatic rings. The number of carbonyl (C=O) groups is 2. The van der Waals surface area contributed by atoms with Crippen molar-refractivity contribution in [3.8, 4) is 0 Å². The van der Waals surface area contributed by atoms with Crippen molar-refractivity contribution in [2.75, 3.05) is 5.32 Å². The summed E-state index contributed by atoms with van der Waals surface area (Å²) in [5.74, 6) is -2.34. The Labute approximate surface area is 140 Å². The quantitative estimate of drug-likeness (QED) is 0.876. The van der Waals surface area contributed by atoms with E-state index in [1.165, 1.54) is 24.3 Å². The van der Waals surface area contributed by atoms with Gasteiger partial charge in [0.15, 0.2) is 0 Å². The lowest BCUT2D eigenvalue weighted by Gasteiger charge is -2.09. The van der Waals surface area contributed by atoms with Crippen molar-refractivity contribution in [3.05, 3.63) is 64.7 Å². The first-order valence-corrected chi connectivity index (χ1v) is 7.14. The van der Waals surface area contributed by atoms with Gasteiger partial charge in [-0.05, 0) is 42.0 Å². The Morgan fingerprint density at radius 2 is 1.54 bits per heavy atom. The van der Waals surface area contributed by atoms with E-state index in [2.05, 4.69) is 5.32 Å². The van der Waals surface area contributed by atoms with E-state index in [-0.39, 0.29) is 12.5 Å². The van der Waals surface area contributed by atoms with Crippen molar-refractivity contribution in [1.29, 1.82) is 0 Å². The molecule has 0 aliphatic heterocycles. The predicted molar refractivity (Wildman–Crippen MR) is 83.7 cm³/mol. The predicted octanol–water partition coefficient (Wildman–Crippen LogP) is 3.77. The minimum absolute atomic E-state index is 0.260. The van der Waals surface area contributed by atoms with Crippen LogP contribution in [0.2, 0.25) is 5.02 Å². The number of benzene rings is 2. The molecule has 0 fully saturated rings. The van der Waals surface area contributed by atoms with Crippen molar-refractivity contribution < 1.29 is 22.8 Å². The lowest BCUT2D eigenvalue weighted by molar-refractivity contribution is -0.173. The monoisotopic (exact) mass is 356 g/mol. The average Bonchev–Trinajstić information content (AvgIpc) is 2.53. The fourth-order valence-corrected chi connectivity index (χ4v) is 1.92. The maximum absolute atomic E-state index is 12.1. The Kier molecular flexibility index (Phi) is 5.46. The number of amides is 2. The molecule has 24 heavy (non-hydrogen) atoms. The summed E-state index contributed by atoms with van der Waals surface area (Å²) in [6.45, 7) is -0.260. The zero-order valence-corrected chi connectivity index (χ0v) is 12.9. The molecule has 2 rings (SSSR count). The fraction of sp³-hybridized carbons (Fsp3) is 0.125. The largest absolute Gasteiger partial charge is 0.471 e. The van der Waals surface area contributed by atoms with E-state index in [9.17, 15) is 22.8 Å². The minimum atomic E-state index is -4.91. The van der Waals surface area contributed by atoms with Crippen LogP contribution in [-0.4, -0.2) is 18.0 Å². The van der Waals surface area contributed by atoms with Crippen LogP contribution in [0.4, 0.5) is 18.9 Å². The van der Waals surface area contributed by atoms with Crippen molar-refractivity contribution in [3.63, 3.8) is 0 Å². The zero-order chi connectivity index (χ0) is 17.7. The third-order valence-corrected chi connectivity index (χ3v) is 3.28. The van der Waals surface area contributed by atoms with E-state index in [0.29, 0.717) is 21.8 Å². The molecule has 0 heterocycles. The summed E-state index contributed by atoms with van der Waals surface area (Å²) in [6.07, 6.45) is -4.91. The molecule has 2 N–H and O–H groups in total. The normalized spacial score (nSPS) is 11.0. The summed E-state index contributed by atoms with van der Waals surface area (Å²) in [5.41, 5.74) is 1.36. The van der Waals surface area contributed by atoms with E-state index in [1.54, 1.807) is 29.6 Å². The number of rotatable bonds is 4.